The molecule has 0 aliphatic heterocycles. The lowest BCUT2D eigenvalue weighted by molar-refractivity contribution is -0.0266. The van der Waals surface area contributed by atoms with Gasteiger partial charge in [-0.3, -0.25) is 0 Å². The smallest absolute Gasteiger partial charge is 0.119 e. The molecule has 4 bridgehead atoms. The Morgan fingerprint density at radius 3 is 2.43 bits per heavy atom. The van der Waals surface area contributed by atoms with Gasteiger partial charge in [-0.05, 0) is 80.9 Å². The number of aryl methyl sites for hydroxylation is 1. The molecular formula is C20H29NO2. The van der Waals surface area contributed by atoms with Gasteiger partial charge in [-0.2, -0.15) is 0 Å². The van der Waals surface area contributed by atoms with Crippen molar-refractivity contribution in [3.63, 3.8) is 0 Å². The van der Waals surface area contributed by atoms with Crippen LogP contribution in [0.4, 0.5) is 0 Å². The minimum Gasteiger partial charge on any atom is -0.491 e. The zero-order valence-corrected chi connectivity index (χ0v) is 14.1. The average Bonchev–Trinajstić information content (AvgIpc) is 2.50. The highest BCUT2D eigenvalue weighted by atomic mass is 16.5. The molecule has 0 radical (unpaired) electrons. The number of ether oxygens (including phenoxy) is 1. The van der Waals surface area contributed by atoms with E-state index in [-0.39, 0.29) is 0 Å². The van der Waals surface area contributed by atoms with Gasteiger partial charge in [0.2, 0.25) is 0 Å². The lowest BCUT2D eigenvalue weighted by atomic mass is 9.53. The molecule has 0 heterocycles. The molecule has 1 aromatic carbocycles. The summed E-state index contributed by atoms with van der Waals surface area (Å²) in [5, 5.41) is 14.0. The van der Waals surface area contributed by atoms with Crippen LogP contribution >= 0.6 is 0 Å². The van der Waals surface area contributed by atoms with Crippen LogP contribution in [0.5, 0.6) is 5.75 Å². The van der Waals surface area contributed by atoms with Crippen molar-refractivity contribution in [2.24, 2.45) is 17.8 Å². The molecule has 126 valence electrons. The molecular weight excluding hydrogens is 286 g/mol. The second-order valence-corrected chi connectivity index (χ2v) is 8.36. The summed E-state index contributed by atoms with van der Waals surface area (Å²) >= 11 is 0. The minimum absolute atomic E-state index is 0.319. The number of aliphatic hydroxyl groups is 1. The molecule has 4 aliphatic rings. The zero-order chi connectivity index (χ0) is 15.9. The maximum absolute atomic E-state index is 10.3. The number of aliphatic hydroxyl groups excluding tert-OH is 1. The van der Waals surface area contributed by atoms with Crippen LogP contribution in [0, 0.1) is 24.7 Å². The summed E-state index contributed by atoms with van der Waals surface area (Å²) in [5.74, 6) is 3.66. The van der Waals surface area contributed by atoms with Gasteiger partial charge in [0, 0.05) is 12.1 Å². The summed E-state index contributed by atoms with van der Waals surface area (Å²) in [6.07, 6.45) is 7.91. The van der Waals surface area contributed by atoms with E-state index in [0.717, 1.165) is 23.5 Å². The first-order valence-electron chi connectivity index (χ1n) is 9.23. The molecule has 3 nitrogen and oxygen atoms in total. The fourth-order valence-electron chi connectivity index (χ4n) is 5.62. The first kappa shape index (κ1) is 15.5. The first-order chi connectivity index (χ1) is 11.1. The van der Waals surface area contributed by atoms with E-state index in [9.17, 15) is 5.11 Å². The summed E-state index contributed by atoms with van der Waals surface area (Å²) in [7, 11) is 0. The van der Waals surface area contributed by atoms with Gasteiger partial charge in [0.1, 0.15) is 18.5 Å². The average molecular weight is 315 g/mol. The van der Waals surface area contributed by atoms with Crippen LogP contribution in [0.15, 0.2) is 24.3 Å². The van der Waals surface area contributed by atoms with Gasteiger partial charge in [-0.25, -0.2) is 0 Å². The normalized spacial score (nSPS) is 36.2. The van der Waals surface area contributed by atoms with Crippen LogP contribution in [-0.4, -0.2) is 29.9 Å². The van der Waals surface area contributed by atoms with E-state index in [2.05, 4.69) is 18.3 Å². The molecule has 1 aromatic rings. The van der Waals surface area contributed by atoms with Gasteiger partial charge >= 0.3 is 0 Å². The Morgan fingerprint density at radius 1 is 1.17 bits per heavy atom. The predicted molar refractivity (Wildman–Crippen MR) is 91.6 cm³/mol. The van der Waals surface area contributed by atoms with Gasteiger partial charge in [0.15, 0.2) is 0 Å². The minimum atomic E-state index is -0.441. The Bertz CT molecular complexity index is 521. The van der Waals surface area contributed by atoms with Crippen LogP contribution in [0.1, 0.15) is 44.1 Å². The molecule has 4 aliphatic carbocycles. The SMILES string of the molecule is Cc1cccc(OC[C@@H](O)CNC23CC4CC(CC(C4)C2)C3)c1. The monoisotopic (exact) mass is 315 g/mol. The van der Waals surface area contributed by atoms with E-state index in [1.54, 1.807) is 0 Å². The van der Waals surface area contributed by atoms with E-state index in [4.69, 9.17) is 4.74 Å². The van der Waals surface area contributed by atoms with Crippen molar-refractivity contribution in [1.29, 1.82) is 0 Å². The molecule has 1 atom stereocenters. The molecule has 2 N–H and O–H groups in total. The molecule has 4 saturated carbocycles. The third kappa shape index (κ3) is 3.41. The maximum Gasteiger partial charge on any atom is 0.119 e. The van der Waals surface area contributed by atoms with E-state index < -0.39 is 6.10 Å². The third-order valence-corrected chi connectivity index (χ3v) is 6.18. The number of rotatable bonds is 6. The Balaban J connectivity index is 1.27. The number of benzene rings is 1. The summed E-state index contributed by atoms with van der Waals surface area (Å²) in [4.78, 5) is 0. The van der Waals surface area contributed by atoms with E-state index in [1.165, 1.54) is 44.1 Å². The lowest BCUT2D eigenvalue weighted by Gasteiger charge is -2.57. The Kier molecular flexibility index (Phi) is 4.10. The van der Waals surface area contributed by atoms with Crippen LogP contribution < -0.4 is 10.1 Å². The van der Waals surface area contributed by atoms with Crippen molar-refractivity contribution in [3.05, 3.63) is 29.8 Å². The molecule has 0 aromatic heterocycles. The standard InChI is InChI=1S/C20H29NO2/c1-14-3-2-4-19(5-14)23-13-18(22)12-21-20-9-15-6-16(10-20)8-17(7-15)11-20/h2-5,15-18,21-22H,6-13H2,1H3/t15?,16?,17?,18-,20?/m0/s1. The molecule has 3 heteroatoms. The van der Waals surface area contributed by atoms with E-state index in [0.29, 0.717) is 18.7 Å². The number of nitrogens with one attached hydrogen (secondary N) is 1. The third-order valence-electron chi connectivity index (χ3n) is 6.18. The largest absolute Gasteiger partial charge is 0.491 e. The van der Waals surface area contributed by atoms with Crippen molar-refractivity contribution < 1.29 is 9.84 Å². The van der Waals surface area contributed by atoms with Crippen LogP contribution in [0.3, 0.4) is 0 Å². The number of hydrogen-bond donors (Lipinski definition) is 2. The predicted octanol–water partition coefficient (Wildman–Crippen LogP) is 3.29. The van der Waals surface area contributed by atoms with Gasteiger partial charge in [-0.15, -0.1) is 0 Å². The van der Waals surface area contributed by atoms with Crippen LogP contribution in [-0.2, 0) is 0 Å². The Morgan fingerprint density at radius 2 is 1.83 bits per heavy atom. The van der Waals surface area contributed by atoms with Crippen molar-refractivity contribution in [2.45, 2.75) is 57.1 Å². The summed E-state index contributed by atoms with van der Waals surface area (Å²) in [5.41, 5.74) is 1.50. The summed E-state index contributed by atoms with van der Waals surface area (Å²) < 4.78 is 5.73. The van der Waals surface area contributed by atoms with Gasteiger partial charge in [0.05, 0.1) is 0 Å². The summed E-state index contributed by atoms with van der Waals surface area (Å²) in [6.45, 7) is 3.07. The quantitative estimate of drug-likeness (QED) is 0.846. The second-order valence-electron chi connectivity index (χ2n) is 8.36. The van der Waals surface area contributed by atoms with E-state index in [1.807, 2.05) is 18.2 Å². The molecule has 5 rings (SSSR count). The second kappa shape index (κ2) is 6.10. The highest BCUT2D eigenvalue weighted by molar-refractivity contribution is 5.27. The van der Waals surface area contributed by atoms with Gasteiger partial charge < -0.3 is 15.2 Å². The fraction of sp³-hybridized carbons (Fsp3) is 0.700. The highest BCUT2D eigenvalue weighted by Crippen LogP contribution is 2.55. The fourth-order valence-corrected chi connectivity index (χ4v) is 5.62. The van der Waals surface area contributed by atoms with Gasteiger partial charge in [0.25, 0.3) is 0 Å². The van der Waals surface area contributed by atoms with Gasteiger partial charge in [-0.1, -0.05) is 12.1 Å². The van der Waals surface area contributed by atoms with Crippen molar-refractivity contribution >= 4 is 0 Å². The molecule has 0 saturated heterocycles. The first-order valence-corrected chi connectivity index (χ1v) is 9.23. The Labute approximate surface area is 139 Å². The highest BCUT2D eigenvalue weighted by Gasteiger charge is 2.50. The zero-order valence-electron chi connectivity index (χ0n) is 14.1. The van der Waals surface area contributed by atoms with E-state index >= 15 is 0 Å². The van der Waals surface area contributed by atoms with Crippen LogP contribution in [0.25, 0.3) is 0 Å². The van der Waals surface area contributed by atoms with Crippen LogP contribution in [0.2, 0.25) is 0 Å². The molecule has 0 amide bonds. The van der Waals surface area contributed by atoms with Crippen molar-refractivity contribution in [3.8, 4) is 5.75 Å². The topological polar surface area (TPSA) is 41.5 Å². The molecule has 0 spiro atoms. The Hall–Kier alpha value is -1.06. The molecule has 0 unspecified atom stereocenters. The number of β-amino-alcohol motifs (C(OH)–C–C–N with tert-alkyl or cyclic N) is 1. The van der Waals surface area contributed by atoms with Crippen molar-refractivity contribution in [2.75, 3.05) is 13.2 Å². The lowest BCUT2D eigenvalue weighted by Crippen LogP contribution is -2.59. The van der Waals surface area contributed by atoms with Crippen molar-refractivity contribution in [1.82, 2.24) is 5.32 Å². The molecule has 23 heavy (non-hydrogen) atoms. The summed E-state index contributed by atoms with van der Waals surface area (Å²) in [6, 6.07) is 8.01. The molecule has 4 fully saturated rings. The maximum atomic E-state index is 10.3. The number of hydrogen-bond acceptors (Lipinski definition) is 3.